The average molecular weight is 630 g/mol. The predicted molar refractivity (Wildman–Crippen MR) is 176 cm³/mol. The molecule has 2 saturated heterocycles. The Morgan fingerprint density at radius 3 is 2.71 bits per heavy atom. The molecule has 0 bridgehead atoms. The molecule has 236 valence electrons. The number of halogens is 1. The van der Waals surface area contributed by atoms with Gasteiger partial charge in [0.1, 0.15) is 12.4 Å². The van der Waals surface area contributed by atoms with Crippen LogP contribution in [0.1, 0.15) is 24.6 Å². The SMILES string of the molecule is C=CC(=O)N1CCN(c2nc(OCC3(CN(C)C)COC3)nc3c2CC(C)N(c2cccc4cccc(Cl)c24)C3)CC1CC#N. The van der Waals surface area contributed by atoms with Crippen molar-refractivity contribution in [2.75, 3.05) is 69.9 Å². The van der Waals surface area contributed by atoms with E-state index in [1.807, 2.05) is 12.1 Å². The van der Waals surface area contributed by atoms with Crippen LogP contribution < -0.4 is 14.5 Å². The highest BCUT2D eigenvalue weighted by molar-refractivity contribution is 6.36. The topological polar surface area (TPSA) is 98.1 Å². The van der Waals surface area contributed by atoms with Crippen molar-refractivity contribution >= 4 is 39.8 Å². The highest BCUT2D eigenvalue weighted by Crippen LogP contribution is 2.39. The number of piperazine rings is 1. The molecule has 2 fully saturated rings. The second-order valence-corrected chi connectivity index (χ2v) is 13.2. The molecule has 2 aromatic carbocycles. The van der Waals surface area contributed by atoms with E-state index in [4.69, 9.17) is 31.0 Å². The van der Waals surface area contributed by atoms with Crippen molar-refractivity contribution in [1.29, 1.82) is 5.26 Å². The van der Waals surface area contributed by atoms with Crippen LogP contribution in [0, 0.1) is 16.7 Å². The van der Waals surface area contributed by atoms with Gasteiger partial charge in [0, 0.05) is 48.9 Å². The van der Waals surface area contributed by atoms with Crippen molar-refractivity contribution in [3.05, 3.63) is 65.3 Å². The van der Waals surface area contributed by atoms with Gasteiger partial charge in [-0.3, -0.25) is 4.79 Å². The molecule has 0 spiro atoms. The summed E-state index contributed by atoms with van der Waals surface area (Å²) < 4.78 is 12.0. The summed E-state index contributed by atoms with van der Waals surface area (Å²) in [6, 6.07) is 14.7. The summed E-state index contributed by atoms with van der Waals surface area (Å²) in [5, 5.41) is 12.4. The van der Waals surface area contributed by atoms with E-state index in [9.17, 15) is 10.1 Å². The number of nitrogens with zero attached hydrogens (tertiary/aromatic N) is 7. The van der Waals surface area contributed by atoms with Crippen molar-refractivity contribution in [3.8, 4) is 12.1 Å². The number of nitriles is 1. The van der Waals surface area contributed by atoms with Gasteiger partial charge in [-0.2, -0.15) is 15.2 Å². The van der Waals surface area contributed by atoms with Crippen LogP contribution in [-0.2, 0) is 22.5 Å². The van der Waals surface area contributed by atoms with Gasteiger partial charge in [0.15, 0.2) is 0 Å². The number of rotatable bonds is 9. The van der Waals surface area contributed by atoms with E-state index >= 15 is 0 Å². The fraction of sp³-hybridized carbons (Fsp3) is 0.471. The molecule has 3 aliphatic heterocycles. The van der Waals surface area contributed by atoms with Gasteiger partial charge < -0.3 is 29.1 Å². The zero-order valence-corrected chi connectivity index (χ0v) is 27.0. The fourth-order valence-electron chi connectivity index (χ4n) is 6.96. The van der Waals surface area contributed by atoms with Gasteiger partial charge >= 0.3 is 6.01 Å². The minimum Gasteiger partial charge on any atom is -0.463 e. The zero-order valence-electron chi connectivity index (χ0n) is 26.2. The van der Waals surface area contributed by atoms with E-state index in [-0.39, 0.29) is 29.8 Å². The molecule has 3 aromatic rings. The van der Waals surface area contributed by atoms with Crippen LogP contribution in [0.3, 0.4) is 0 Å². The Hall–Kier alpha value is -3.91. The molecular formula is C34H40ClN7O3. The first-order valence-corrected chi connectivity index (χ1v) is 15.8. The Balaban J connectivity index is 1.37. The highest BCUT2D eigenvalue weighted by atomic mass is 35.5. The lowest BCUT2D eigenvalue weighted by atomic mass is 9.86. The van der Waals surface area contributed by atoms with Gasteiger partial charge in [-0.25, -0.2) is 0 Å². The van der Waals surface area contributed by atoms with Crippen LogP contribution in [-0.4, -0.2) is 97.9 Å². The molecule has 4 heterocycles. The third-order valence-electron chi connectivity index (χ3n) is 9.09. The molecule has 2 unspecified atom stereocenters. The zero-order chi connectivity index (χ0) is 31.7. The first-order valence-electron chi connectivity index (χ1n) is 15.5. The van der Waals surface area contributed by atoms with Gasteiger partial charge in [0.25, 0.3) is 0 Å². The average Bonchev–Trinajstić information content (AvgIpc) is 3.01. The number of anilines is 2. The minimum atomic E-state index is -0.268. The lowest BCUT2D eigenvalue weighted by molar-refractivity contribution is -0.140. The monoisotopic (exact) mass is 629 g/mol. The second-order valence-electron chi connectivity index (χ2n) is 12.8. The van der Waals surface area contributed by atoms with Crippen LogP contribution in [0.25, 0.3) is 10.8 Å². The molecule has 3 aliphatic rings. The maximum atomic E-state index is 12.6. The van der Waals surface area contributed by atoms with Gasteiger partial charge in [-0.1, -0.05) is 42.4 Å². The van der Waals surface area contributed by atoms with Crippen molar-refractivity contribution in [3.63, 3.8) is 0 Å². The molecule has 0 saturated carbocycles. The number of aromatic nitrogens is 2. The second kappa shape index (κ2) is 12.8. The first-order chi connectivity index (χ1) is 21.7. The van der Waals surface area contributed by atoms with Crippen LogP contribution >= 0.6 is 11.6 Å². The van der Waals surface area contributed by atoms with Crippen molar-refractivity contribution in [1.82, 2.24) is 19.8 Å². The number of benzene rings is 2. The third kappa shape index (κ3) is 6.17. The maximum Gasteiger partial charge on any atom is 0.318 e. The Morgan fingerprint density at radius 2 is 2.02 bits per heavy atom. The highest BCUT2D eigenvalue weighted by Gasteiger charge is 2.41. The van der Waals surface area contributed by atoms with Gasteiger partial charge in [0.05, 0.1) is 54.4 Å². The third-order valence-corrected chi connectivity index (χ3v) is 9.40. The van der Waals surface area contributed by atoms with E-state index in [0.29, 0.717) is 52.0 Å². The van der Waals surface area contributed by atoms with Crippen LogP contribution in [0.15, 0.2) is 49.1 Å². The molecule has 0 aliphatic carbocycles. The summed E-state index contributed by atoms with van der Waals surface area (Å²) >= 11 is 6.75. The quantitative estimate of drug-likeness (QED) is 0.321. The molecule has 6 rings (SSSR count). The lowest BCUT2D eigenvalue weighted by Crippen LogP contribution is -2.55. The molecule has 45 heavy (non-hydrogen) atoms. The molecule has 1 aromatic heterocycles. The van der Waals surface area contributed by atoms with E-state index in [1.54, 1.807) is 4.90 Å². The number of fused-ring (bicyclic) bond motifs is 2. The Labute approximate surface area is 269 Å². The molecule has 11 heteroatoms. The van der Waals surface area contributed by atoms with Gasteiger partial charge in [-0.05, 0) is 51.0 Å². The normalized spacial score (nSPS) is 20.8. The Kier molecular flexibility index (Phi) is 8.87. The van der Waals surface area contributed by atoms with Crippen molar-refractivity contribution in [2.24, 2.45) is 5.41 Å². The molecule has 10 nitrogen and oxygen atoms in total. The van der Waals surface area contributed by atoms with Crippen LogP contribution in [0.2, 0.25) is 5.02 Å². The number of hydrogen-bond donors (Lipinski definition) is 0. The van der Waals surface area contributed by atoms with Crippen LogP contribution in [0.4, 0.5) is 11.5 Å². The Morgan fingerprint density at radius 1 is 1.24 bits per heavy atom. The number of carbonyl (C=O) groups excluding carboxylic acids is 1. The summed E-state index contributed by atoms with van der Waals surface area (Å²) in [6.45, 7) is 10.5. The predicted octanol–water partition coefficient (Wildman–Crippen LogP) is 4.31. The van der Waals surface area contributed by atoms with E-state index in [1.165, 1.54) is 6.08 Å². The number of amides is 1. The number of hydrogen-bond acceptors (Lipinski definition) is 9. The molecule has 1 amide bonds. The van der Waals surface area contributed by atoms with E-state index in [2.05, 4.69) is 72.6 Å². The summed E-state index contributed by atoms with van der Waals surface area (Å²) in [7, 11) is 4.11. The maximum absolute atomic E-state index is 12.6. The molecule has 0 radical (unpaired) electrons. The summed E-state index contributed by atoms with van der Waals surface area (Å²) in [4.78, 5) is 31.1. The largest absolute Gasteiger partial charge is 0.463 e. The Bertz CT molecular complexity index is 1630. The summed E-state index contributed by atoms with van der Waals surface area (Å²) in [6.07, 6.45) is 2.27. The molecule has 2 atom stereocenters. The van der Waals surface area contributed by atoms with Crippen molar-refractivity contribution in [2.45, 2.75) is 38.4 Å². The number of carbonyl (C=O) groups is 1. The van der Waals surface area contributed by atoms with Gasteiger partial charge in [0.2, 0.25) is 5.91 Å². The van der Waals surface area contributed by atoms with E-state index < -0.39 is 0 Å². The minimum absolute atomic E-state index is 0.113. The standard InChI is InChI=1S/C34H40ClN7O3/c1-5-30(43)41-15-14-40(17-25(41)12-13-36)32-26-16-23(2)42(29-11-7-9-24-8-6-10-27(35)31(24)29)18-28(26)37-33(38-32)45-22-34(19-39(3)4)20-44-21-34/h5-11,23,25H,1,12,14-22H2,2-4H3. The summed E-state index contributed by atoms with van der Waals surface area (Å²) in [5.74, 6) is 0.660. The van der Waals surface area contributed by atoms with E-state index in [0.717, 1.165) is 51.5 Å². The smallest absolute Gasteiger partial charge is 0.318 e. The molecular weight excluding hydrogens is 590 g/mol. The van der Waals surface area contributed by atoms with Gasteiger partial charge in [-0.15, -0.1) is 0 Å². The van der Waals surface area contributed by atoms with Crippen LogP contribution in [0.5, 0.6) is 6.01 Å². The number of ether oxygens (including phenoxy) is 2. The lowest BCUT2D eigenvalue weighted by Gasteiger charge is -2.43. The fourth-order valence-corrected chi connectivity index (χ4v) is 7.24. The first kappa shape index (κ1) is 31.1. The van der Waals surface area contributed by atoms with Crippen molar-refractivity contribution < 1.29 is 14.3 Å². The summed E-state index contributed by atoms with van der Waals surface area (Å²) in [5.41, 5.74) is 2.94. The molecule has 0 N–H and O–H groups in total.